The molecule has 0 bridgehead atoms. The van der Waals surface area contributed by atoms with Crippen molar-refractivity contribution < 1.29 is 9.53 Å². The predicted octanol–water partition coefficient (Wildman–Crippen LogP) is 4.46. The van der Waals surface area contributed by atoms with Gasteiger partial charge in [0.1, 0.15) is 11.6 Å². The smallest absolute Gasteiger partial charge is 0.323 e. The van der Waals surface area contributed by atoms with E-state index in [9.17, 15) is 4.79 Å². The van der Waals surface area contributed by atoms with Gasteiger partial charge in [-0.2, -0.15) is 0 Å². The van der Waals surface area contributed by atoms with Gasteiger partial charge in [0, 0.05) is 23.0 Å². The highest BCUT2D eigenvalue weighted by Gasteiger charge is 2.46. The van der Waals surface area contributed by atoms with Crippen molar-refractivity contribution >= 4 is 16.9 Å². The minimum Gasteiger partial charge on any atom is -0.468 e. The van der Waals surface area contributed by atoms with Crippen LogP contribution in [0.2, 0.25) is 0 Å². The summed E-state index contributed by atoms with van der Waals surface area (Å²) in [6.45, 7) is 2.10. The van der Waals surface area contributed by atoms with Crippen LogP contribution in [-0.2, 0) is 21.5 Å². The fraction of sp³-hybridized carbons (Fsp3) is 0.192. The molecule has 150 valence electrons. The monoisotopic (exact) mass is 396 g/mol. The molecule has 2 heterocycles. The molecule has 0 amide bonds. The summed E-state index contributed by atoms with van der Waals surface area (Å²) in [5.74, 6) is -0.251. The van der Waals surface area contributed by atoms with Gasteiger partial charge in [-0.3, -0.25) is 10.1 Å². The normalized spacial score (nSPS) is 17.5. The summed E-state index contributed by atoms with van der Waals surface area (Å²) >= 11 is 0. The number of ether oxygens (including phenoxy) is 1. The first-order valence-electron chi connectivity index (χ1n) is 10.2. The summed E-state index contributed by atoms with van der Waals surface area (Å²) in [7, 11) is 1.45. The van der Waals surface area contributed by atoms with Crippen molar-refractivity contribution in [1.29, 1.82) is 0 Å². The van der Waals surface area contributed by atoms with E-state index in [0.717, 1.165) is 33.3 Å². The Morgan fingerprint density at radius 2 is 1.60 bits per heavy atom. The minimum atomic E-state index is -0.693. The van der Waals surface area contributed by atoms with Crippen LogP contribution in [0.15, 0.2) is 78.9 Å². The second-order valence-electron chi connectivity index (χ2n) is 7.93. The van der Waals surface area contributed by atoms with Gasteiger partial charge >= 0.3 is 5.97 Å². The zero-order valence-corrected chi connectivity index (χ0v) is 17.1. The van der Waals surface area contributed by atoms with Crippen molar-refractivity contribution in [3.05, 3.63) is 107 Å². The summed E-state index contributed by atoms with van der Waals surface area (Å²) in [5.41, 5.74) is 5.98. The molecule has 5 rings (SSSR count). The molecule has 1 aromatic heterocycles. The summed E-state index contributed by atoms with van der Waals surface area (Å²) in [4.78, 5) is 16.5. The first-order valence-corrected chi connectivity index (χ1v) is 10.2. The Kier molecular flexibility index (Phi) is 4.44. The van der Waals surface area contributed by atoms with Crippen LogP contribution in [0.5, 0.6) is 0 Å². The SMILES string of the molecule is COC(=O)C1Cc2c([nH]c3ccc(C)cc23)C(c2ccccc2)(c2ccccc2)N1. The molecule has 1 atom stereocenters. The molecule has 4 heteroatoms. The number of aromatic nitrogens is 1. The quantitative estimate of drug-likeness (QED) is 0.503. The number of carbonyl (C=O) groups excluding carboxylic acids is 1. The second-order valence-corrected chi connectivity index (χ2v) is 7.93. The van der Waals surface area contributed by atoms with Gasteiger partial charge in [-0.25, -0.2) is 0 Å². The average molecular weight is 396 g/mol. The topological polar surface area (TPSA) is 54.1 Å². The highest BCUT2D eigenvalue weighted by Crippen LogP contribution is 2.44. The Morgan fingerprint density at radius 3 is 2.20 bits per heavy atom. The Morgan fingerprint density at radius 1 is 0.967 bits per heavy atom. The van der Waals surface area contributed by atoms with Crippen molar-refractivity contribution in [1.82, 2.24) is 10.3 Å². The third-order valence-corrected chi connectivity index (χ3v) is 6.13. The Hall–Kier alpha value is -3.37. The van der Waals surface area contributed by atoms with Crippen molar-refractivity contribution in [2.45, 2.75) is 24.9 Å². The molecule has 0 saturated heterocycles. The third-order valence-electron chi connectivity index (χ3n) is 6.13. The van der Waals surface area contributed by atoms with Gasteiger partial charge in [-0.1, -0.05) is 72.3 Å². The van der Waals surface area contributed by atoms with E-state index in [4.69, 9.17) is 4.74 Å². The largest absolute Gasteiger partial charge is 0.468 e. The number of benzene rings is 3. The summed E-state index contributed by atoms with van der Waals surface area (Å²) in [6.07, 6.45) is 0.576. The number of esters is 1. The number of fused-ring (bicyclic) bond motifs is 3. The van der Waals surface area contributed by atoms with Gasteiger partial charge in [-0.15, -0.1) is 0 Å². The van der Waals surface area contributed by atoms with Crippen LogP contribution in [0, 0.1) is 6.92 Å². The molecular formula is C26H24N2O2. The zero-order valence-electron chi connectivity index (χ0n) is 17.1. The van der Waals surface area contributed by atoms with E-state index in [2.05, 4.69) is 59.7 Å². The number of aryl methyl sites for hydroxylation is 1. The molecule has 1 aliphatic rings. The van der Waals surface area contributed by atoms with E-state index in [-0.39, 0.29) is 5.97 Å². The number of hydrogen-bond donors (Lipinski definition) is 2. The van der Waals surface area contributed by atoms with E-state index in [1.165, 1.54) is 12.7 Å². The maximum absolute atomic E-state index is 12.8. The maximum Gasteiger partial charge on any atom is 0.323 e. The molecule has 4 nitrogen and oxygen atoms in total. The molecule has 4 aromatic rings. The lowest BCUT2D eigenvalue weighted by atomic mass is 9.74. The van der Waals surface area contributed by atoms with E-state index >= 15 is 0 Å². The Balaban J connectivity index is 1.88. The van der Waals surface area contributed by atoms with Gasteiger partial charge < -0.3 is 9.72 Å². The van der Waals surface area contributed by atoms with Crippen LogP contribution in [-0.4, -0.2) is 24.1 Å². The van der Waals surface area contributed by atoms with Gasteiger partial charge in [-0.05, 0) is 35.7 Å². The van der Waals surface area contributed by atoms with Crippen LogP contribution in [0.3, 0.4) is 0 Å². The summed E-state index contributed by atoms with van der Waals surface area (Å²) in [5, 5.41) is 4.84. The fourth-order valence-corrected chi connectivity index (χ4v) is 4.77. The highest BCUT2D eigenvalue weighted by atomic mass is 16.5. The van der Waals surface area contributed by atoms with Crippen molar-refractivity contribution in [2.75, 3.05) is 7.11 Å². The molecule has 0 aliphatic carbocycles. The number of methoxy groups -OCH3 is 1. The number of carbonyl (C=O) groups is 1. The lowest BCUT2D eigenvalue weighted by Gasteiger charge is -2.42. The molecule has 0 fully saturated rings. The molecular weight excluding hydrogens is 372 g/mol. The fourth-order valence-electron chi connectivity index (χ4n) is 4.77. The molecule has 1 aliphatic heterocycles. The lowest BCUT2D eigenvalue weighted by molar-refractivity contribution is -0.143. The molecule has 1 unspecified atom stereocenters. The lowest BCUT2D eigenvalue weighted by Crippen LogP contribution is -2.57. The van der Waals surface area contributed by atoms with Crippen molar-refractivity contribution in [3.63, 3.8) is 0 Å². The van der Waals surface area contributed by atoms with Crippen LogP contribution < -0.4 is 5.32 Å². The second kappa shape index (κ2) is 7.15. The van der Waals surface area contributed by atoms with Crippen LogP contribution in [0.25, 0.3) is 10.9 Å². The van der Waals surface area contributed by atoms with Crippen LogP contribution >= 0.6 is 0 Å². The van der Waals surface area contributed by atoms with Crippen molar-refractivity contribution in [2.24, 2.45) is 0 Å². The van der Waals surface area contributed by atoms with Crippen LogP contribution in [0.4, 0.5) is 0 Å². The van der Waals surface area contributed by atoms with Gasteiger partial charge in [0.05, 0.1) is 7.11 Å². The predicted molar refractivity (Wildman–Crippen MR) is 118 cm³/mol. The summed E-state index contributed by atoms with van der Waals surface area (Å²) in [6, 6.07) is 26.6. The van der Waals surface area contributed by atoms with E-state index < -0.39 is 11.6 Å². The molecule has 3 aromatic carbocycles. The number of rotatable bonds is 3. The molecule has 0 radical (unpaired) electrons. The Bertz CT molecular complexity index is 1170. The van der Waals surface area contributed by atoms with Crippen molar-refractivity contribution in [3.8, 4) is 0 Å². The van der Waals surface area contributed by atoms with Gasteiger partial charge in [0.2, 0.25) is 0 Å². The molecule has 0 saturated carbocycles. The number of nitrogens with one attached hydrogen (secondary N) is 2. The summed E-state index contributed by atoms with van der Waals surface area (Å²) < 4.78 is 5.17. The third kappa shape index (κ3) is 2.76. The molecule has 30 heavy (non-hydrogen) atoms. The standard InChI is InChI=1S/C26H24N2O2/c1-17-13-14-22-20(15-17)21-16-23(25(29)30-2)28-26(24(21)27-22,18-9-5-3-6-10-18)19-11-7-4-8-12-19/h3-15,23,27-28H,16H2,1-2H3. The average Bonchev–Trinajstić information content (AvgIpc) is 3.17. The number of hydrogen-bond acceptors (Lipinski definition) is 3. The van der Waals surface area contributed by atoms with Crippen LogP contribution in [0.1, 0.15) is 27.9 Å². The van der Waals surface area contributed by atoms with Gasteiger partial charge in [0.25, 0.3) is 0 Å². The number of aromatic amines is 1. The first-order chi connectivity index (χ1) is 14.6. The van der Waals surface area contributed by atoms with E-state index in [1.54, 1.807) is 0 Å². The molecule has 2 N–H and O–H groups in total. The zero-order chi connectivity index (χ0) is 20.7. The maximum atomic E-state index is 12.8. The van der Waals surface area contributed by atoms with Gasteiger partial charge in [0.15, 0.2) is 0 Å². The Labute approximate surface area is 175 Å². The number of H-pyrrole nitrogens is 1. The molecule has 0 spiro atoms. The van der Waals surface area contributed by atoms with E-state index in [1.807, 2.05) is 36.4 Å². The minimum absolute atomic E-state index is 0.251. The van der Waals surface area contributed by atoms with E-state index in [0.29, 0.717) is 6.42 Å². The first kappa shape index (κ1) is 18.6. The highest BCUT2D eigenvalue weighted by molar-refractivity contribution is 5.89.